The summed E-state index contributed by atoms with van der Waals surface area (Å²) in [5.74, 6) is -0.979. The molecule has 0 bridgehead atoms. The van der Waals surface area contributed by atoms with Gasteiger partial charge < -0.3 is 20.9 Å². The van der Waals surface area contributed by atoms with Gasteiger partial charge in [-0.25, -0.2) is 4.79 Å². The van der Waals surface area contributed by atoms with Gasteiger partial charge in [0.25, 0.3) is 0 Å². The number of amides is 1. The zero-order valence-corrected chi connectivity index (χ0v) is 10.4. The normalized spacial score (nSPS) is 13.9. The summed E-state index contributed by atoms with van der Waals surface area (Å²) in [4.78, 5) is 22.4. The molecule has 6 nitrogen and oxygen atoms in total. The molecule has 1 aliphatic carbocycles. The van der Waals surface area contributed by atoms with Crippen LogP contribution in [0, 0.1) is 0 Å². The highest BCUT2D eigenvalue weighted by Crippen LogP contribution is 2.22. The first-order chi connectivity index (χ1) is 9.06. The number of anilines is 1. The molecule has 19 heavy (non-hydrogen) atoms. The van der Waals surface area contributed by atoms with E-state index < -0.39 is 5.97 Å². The van der Waals surface area contributed by atoms with Gasteiger partial charge in [0, 0.05) is 17.8 Å². The van der Waals surface area contributed by atoms with Crippen LogP contribution in [0.25, 0.3) is 0 Å². The monoisotopic (exact) mass is 264 g/mol. The molecule has 0 saturated heterocycles. The molecule has 1 aromatic rings. The molecule has 4 N–H and O–H groups in total. The summed E-state index contributed by atoms with van der Waals surface area (Å²) in [6.45, 7) is 0.127. The lowest BCUT2D eigenvalue weighted by molar-refractivity contribution is -0.121. The fraction of sp³-hybridized carbons (Fsp3) is 0.385. The summed E-state index contributed by atoms with van der Waals surface area (Å²) in [6, 6.07) is 4.64. The largest absolute Gasteiger partial charge is 0.492 e. The van der Waals surface area contributed by atoms with E-state index >= 15 is 0 Å². The number of carbonyl (C=O) groups is 2. The Labute approximate surface area is 110 Å². The van der Waals surface area contributed by atoms with Crippen molar-refractivity contribution in [3.05, 3.63) is 23.8 Å². The number of hydrogen-bond donors (Lipinski definition) is 3. The molecule has 0 aliphatic heterocycles. The lowest BCUT2D eigenvalue weighted by atomic mass is 10.2. The Morgan fingerprint density at radius 2 is 2.16 bits per heavy atom. The highest BCUT2D eigenvalue weighted by molar-refractivity contribution is 5.91. The number of hydrogen-bond acceptors (Lipinski definition) is 4. The summed E-state index contributed by atoms with van der Waals surface area (Å²) < 4.78 is 5.33. The third-order valence-electron chi connectivity index (χ3n) is 2.77. The van der Waals surface area contributed by atoms with E-state index in [1.165, 1.54) is 18.2 Å². The van der Waals surface area contributed by atoms with E-state index in [1.54, 1.807) is 0 Å². The third kappa shape index (κ3) is 3.87. The lowest BCUT2D eigenvalue weighted by Gasteiger charge is -2.10. The maximum absolute atomic E-state index is 11.4. The molecule has 102 valence electrons. The van der Waals surface area contributed by atoms with Crippen LogP contribution in [0.15, 0.2) is 18.2 Å². The predicted molar refractivity (Wildman–Crippen MR) is 69.1 cm³/mol. The lowest BCUT2D eigenvalue weighted by Crippen LogP contribution is -2.26. The number of benzene rings is 1. The summed E-state index contributed by atoms with van der Waals surface area (Å²) >= 11 is 0. The highest BCUT2D eigenvalue weighted by atomic mass is 16.5. The number of nitrogen functional groups attached to an aromatic ring is 1. The summed E-state index contributed by atoms with van der Waals surface area (Å²) in [5.41, 5.74) is 6.04. The van der Waals surface area contributed by atoms with E-state index in [4.69, 9.17) is 15.6 Å². The quantitative estimate of drug-likeness (QED) is 0.666. The van der Waals surface area contributed by atoms with Gasteiger partial charge in [-0.1, -0.05) is 0 Å². The van der Waals surface area contributed by atoms with Crippen LogP contribution in [0.1, 0.15) is 29.6 Å². The Bertz CT molecular complexity index is 497. The summed E-state index contributed by atoms with van der Waals surface area (Å²) in [5, 5.41) is 11.8. The number of ether oxygens (including phenoxy) is 1. The average Bonchev–Trinajstić information content (AvgIpc) is 3.12. The average molecular weight is 264 g/mol. The van der Waals surface area contributed by atoms with Crippen LogP contribution in [0.4, 0.5) is 5.69 Å². The van der Waals surface area contributed by atoms with Crippen molar-refractivity contribution in [3.63, 3.8) is 0 Å². The van der Waals surface area contributed by atoms with Crippen molar-refractivity contribution in [3.8, 4) is 5.75 Å². The van der Waals surface area contributed by atoms with Crippen molar-refractivity contribution in [2.45, 2.75) is 25.3 Å². The van der Waals surface area contributed by atoms with Crippen LogP contribution in [0.5, 0.6) is 5.75 Å². The molecule has 1 amide bonds. The molecule has 1 fully saturated rings. The number of carbonyl (C=O) groups excluding carboxylic acids is 1. The van der Waals surface area contributed by atoms with E-state index in [-0.39, 0.29) is 30.2 Å². The fourth-order valence-electron chi connectivity index (χ4n) is 1.62. The smallest absolute Gasteiger partial charge is 0.339 e. The number of carboxylic acid groups (broad SMARTS) is 1. The Morgan fingerprint density at radius 1 is 1.42 bits per heavy atom. The molecular weight excluding hydrogens is 248 g/mol. The van der Waals surface area contributed by atoms with Crippen molar-refractivity contribution < 1.29 is 19.4 Å². The van der Waals surface area contributed by atoms with Gasteiger partial charge in [-0.05, 0) is 25.0 Å². The molecule has 0 unspecified atom stereocenters. The first-order valence-corrected chi connectivity index (χ1v) is 6.11. The molecule has 0 atom stereocenters. The predicted octanol–water partition coefficient (Wildman–Crippen LogP) is 1.01. The van der Waals surface area contributed by atoms with Gasteiger partial charge in [0.15, 0.2) is 0 Å². The molecule has 1 aromatic carbocycles. The maximum atomic E-state index is 11.4. The maximum Gasteiger partial charge on any atom is 0.339 e. The van der Waals surface area contributed by atoms with E-state index in [1.807, 2.05) is 0 Å². The first kappa shape index (κ1) is 13.2. The third-order valence-corrected chi connectivity index (χ3v) is 2.77. The fourth-order valence-corrected chi connectivity index (χ4v) is 1.62. The standard InChI is InChI=1S/C13H16N2O4/c14-8-1-4-10(13(17)18)11(7-8)19-6-5-12(16)15-9-2-3-9/h1,4,7,9H,2-3,5-6,14H2,(H,15,16)(H,17,18). The van der Waals surface area contributed by atoms with Gasteiger partial charge in [0.2, 0.25) is 5.91 Å². The van der Waals surface area contributed by atoms with Crippen molar-refractivity contribution in [1.82, 2.24) is 5.32 Å². The molecule has 0 radical (unpaired) electrons. The Balaban J connectivity index is 1.88. The van der Waals surface area contributed by atoms with Gasteiger partial charge in [0.1, 0.15) is 11.3 Å². The molecule has 0 spiro atoms. The number of nitrogens with two attached hydrogens (primary N) is 1. The molecule has 2 rings (SSSR count). The molecule has 0 heterocycles. The SMILES string of the molecule is Nc1ccc(C(=O)O)c(OCCC(=O)NC2CC2)c1. The van der Waals surface area contributed by atoms with Crippen LogP contribution in [-0.4, -0.2) is 29.6 Å². The van der Waals surface area contributed by atoms with Gasteiger partial charge in [-0.15, -0.1) is 0 Å². The minimum absolute atomic E-state index is 0.0387. The second-order valence-electron chi connectivity index (χ2n) is 4.50. The van der Waals surface area contributed by atoms with Gasteiger partial charge in [-0.3, -0.25) is 4.79 Å². The molecule has 6 heteroatoms. The zero-order valence-electron chi connectivity index (χ0n) is 10.4. The number of carboxylic acids is 1. The van der Waals surface area contributed by atoms with E-state index in [9.17, 15) is 9.59 Å². The van der Waals surface area contributed by atoms with E-state index in [0.29, 0.717) is 11.7 Å². The Hall–Kier alpha value is -2.24. The zero-order chi connectivity index (χ0) is 13.8. The number of rotatable bonds is 6. The number of aromatic carboxylic acids is 1. The van der Waals surface area contributed by atoms with Crippen LogP contribution in [0.3, 0.4) is 0 Å². The first-order valence-electron chi connectivity index (χ1n) is 6.11. The minimum Gasteiger partial charge on any atom is -0.492 e. The molecule has 1 saturated carbocycles. The van der Waals surface area contributed by atoms with Gasteiger partial charge in [0.05, 0.1) is 13.0 Å². The summed E-state index contributed by atoms with van der Waals surface area (Å²) in [6.07, 6.45) is 2.26. The molecule has 1 aliphatic rings. The van der Waals surface area contributed by atoms with Crippen LogP contribution >= 0.6 is 0 Å². The second-order valence-corrected chi connectivity index (χ2v) is 4.50. The Morgan fingerprint density at radius 3 is 2.79 bits per heavy atom. The van der Waals surface area contributed by atoms with Crippen LogP contribution in [-0.2, 0) is 4.79 Å². The van der Waals surface area contributed by atoms with Gasteiger partial charge in [-0.2, -0.15) is 0 Å². The van der Waals surface area contributed by atoms with E-state index in [2.05, 4.69) is 5.32 Å². The van der Waals surface area contributed by atoms with E-state index in [0.717, 1.165) is 12.8 Å². The topological polar surface area (TPSA) is 102 Å². The van der Waals surface area contributed by atoms with Gasteiger partial charge >= 0.3 is 5.97 Å². The van der Waals surface area contributed by atoms with Crippen molar-refractivity contribution >= 4 is 17.6 Å². The van der Waals surface area contributed by atoms with Crippen LogP contribution in [0.2, 0.25) is 0 Å². The van der Waals surface area contributed by atoms with Crippen molar-refractivity contribution in [2.24, 2.45) is 0 Å². The van der Waals surface area contributed by atoms with Crippen molar-refractivity contribution in [2.75, 3.05) is 12.3 Å². The van der Waals surface area contributed by atoms with Crippen LogP contribution < -0.4 is 15.8 Å². The molecule has 0 aromatic heterocycles. The Kier molecular flexibility index (Phi) is 3.89. The van der Waals surface area contributed by atoms with Crippen molar-refractivity contribution in [1.29, 1.82) is 0 Å². The number of nitrogens with one attached hydrogen (secondary N) is 1. The minimum atomic E-state index is -1.09. The highest BCUT2D eigenvalue weighted by Gasteiger charge is 2.23. The molecular formula is C13H16N2O4. The second kappa shape index (κ2) is 5.60. The summed E-state index contributed by atoms with van der Waals surface area (Å²) in [7, 11) is 0.